The van der Waals surface area contributed by atoms with Gasteiger partial charge in [-0.25, -0.2) is 9.97 Å². The van der Waals surface area contributed by atoms with Gasteiger partial charge in [0.1, 0.15) is 11.3 Å². The van der Waals surface area contributed by atoms with E-state index in [4.69, 9.17) is 11.6 Å². The molecule has 0 bridgehead atoms. The molecule has 0 unspecified atom stereocenters. The van der Waals surface area contributed by atoms with E-state index in [0.717, 1.165) is 23.5 Å². The monoisotopic (exact) mass is 277 g/mol. The molecule has 0 spiro atoms. The van der Waals surface area contributed by atoms with Gasteiger partial charge in [0.05, 0.1) is 5.88 Å². The molecule has 1 fully saturated rings. The topological polar surface area (TPSA) is 30.7 Å². The molecule has 2 heterocycles. The second-order valence-corrected chi connectivity index (χ2v) is 6.88. The summed E-state index contributed by atoms with van der Waals surface area (Å²) in [7, 11) is 0. The molecule has 2 aromatic heterocycles. The lowest BCUT2D eigenvalue weighted by Crippen LogP contribution is -2.08. The second-order valence-electron chi connectivity index (χ2n) is 6.61. The van der Waals surface area contributed by atoms with Gasteiger partial charge in [-0.15, -0.1) is 11.6 Å². The van der Waals surface area contributed by atoms with Crippen LogP contribution in [0, 0.1) is 16.7 Å². The Balaban J connectivity index is 2.02. The van der Waals surface area contributed by atoms with Crippen molar-refractivity contribution in [1.29, 1.82) is 0 Å². The maximum absolute atomic E-state index is 6.04. The standard InChI is InChI=1S/C15H20ClN3/c1-14(2)11(15(14,3)4)9-19-12(8-16)18-10-6-5-7-17-13(10)19/h5-7,11H,8-9H2,1-4H3. The number of nitrogens with zero attached hydrogens (tertiary/aromatic N) is 3. The van der Waals surface area contributed by atoms with Crippen molar-refractivity contribution in [2.75, 3.05) is 0 Å². The fourth-order valence-electron chi connectivity index (χ4n) is 3.27. The third-order valence-electron chi connectivity index (χ3n) is 5.39. The first-order chi connectivity index (χ1) is 8.89. The number of aromatic nitrogens is 3. The van der Waals surface area contributed by atoms with Crippen molar-refractivity contribution in [2.24, 2.45) is 16.7 Å². The molecule has 2 aromatic rings. The zero-order chi connectivity index (χ0) is 13.8. The quantitative estimate of drug-likeness (QED) is 0.798. The largest absolute Gasteiger partial charge is 0.311 e. The van der Waals surface area contributed by atoms with Crippen LogP contribution in [0.2, 0.25) is 0 Å². The van der Waals surface area contributed by atoms with Crippen LogP contribution in [0.25, 0.3) is 11.2 Å². The third kappa shape index (κ3) is 1.71. The molecular formula is C15H20ClN3. The summed E-state index contributed by atoms with van der Waals surface area (Å²) >= 11 is 6.04. The highest BCUT2D eigenvalue weighted by Crippen LogP contribution is 2.68. The molecule has 0 atom stereocenters. The molecule has 0 aliphatic heterocycles. The van der Waals surface area contributed by atoms with Crippen LogP contribution in [0.1, 0.15) is 33.5 Å². The Morgan fingerprint density at radius 2 is 1.95 bits per heavy atom. The molecule has 1 aliphatic rings. The van der Waals surface area contributed by atoms with Crippen molar-refractivity contribution in [2.45, 2.75) is 40.1 Å². The molecule has 0 aromatic carbocycles. The van der Waals surface area contributed by atoms with Crippen molar-refractivity contribution in [3.63, 3.8) is 0 Å². The van der Waals surface area contributed by atoms with Crippen LogP contribution in [0.4, 0.5) is 0 Å². The number of hydrogen-bond acceptors (Lipinski definition) is 2. The third-order valence-corrected chi connectivity index (χ3v) is 5.63. The van der Waals surface area contributed by atoms with Crippen molar-refractivity contribution in [3.05, 3.63) is 24.2 Å². The minimum atomic E-state index is 0.363. The predicted octanol–water partition coefficient (Wildman–Crippen LogP) is 3.85. The molecular weight excluding hydrogens is 258 g/mol. The van der Waals surface area contributed by atoms with E-state index in [0.29, 0.717) is 22.6 Å². The molecule has 3 rings (SSSR count). The maximum Gasteiger partial charge on any atom is 0.160 e. The fourth-order valence-corrected chi connectivity index (χ4v) is 3.48. The van der Waals surface area contributed by atoms with Gasteiger partial charge in [0.15, 0.2) is 5.65 Å². The van der Waals surface area contributed by atoms with Crippen molar-refractivity contribution < 1.29 is 0 Å². The molecule has 1 saturated carbocycles. The summed E-state index contributed by atoms with van der Waals surface area (Å²) in [5.74, 6) is 2.00. The summed E-state index contributed by atoms with van der Waals surface area (Å²) in [5, 5.41) is 0. The van der Waals surface area contributed by atoms with Gasteiger partial charge in [0.25, 0.3) is 0 Å². The molecule has 0 N–H and O–H groups in total. The number of rotatable bonds is 3. The molecule has 1 aliphatic carbocycles. The lowest BCUT2D eigenvalue weighted by molar-refractivity contribution is 0.457. The van der Waals surface area contributed by atoms with Gasteiger partial charge in [0.2, 0.25) is 0 Å². The lowest BCUT2D eigenvalue weighted by atomic mass is 10.0. The van der Waals surface area contributed by atoms with Gasteiger partial charge < -0.3 is 4.57 Å². The molecule has 0 radical (unpaired) electrons. The first-order valence-electron chi connectivity index (χ1n) is 6.75. The molecule has 4 heteroatoms. The second kappa shape index (κ2) is 3.95. The van der Waals surface area contributed by atoms with Gasteiger partial charge >= 0.3 is 0 Å². The van der Waals surface area contributed by atoms with Crippen molar-refractivity contribution in [1.82, 2.24) is 14.5 Å². The Hall–Kier alpha value is -1.09. The Kier molecular flexibility index (Phi) is 2.69. The fraction of sp³-hybridized carbons (Fsp3) is 0.600. The summed E-state index contributed by atoms with van der Waals surface area (Å²) in [6.45, 7) is 10.3. The van der Waals surface area contributed by atoms with Gasteiger partial charge in [-0.2, -0.15) is 0 Å². The number of imidazole rings is 1. The predicted molar refractivity (Wildman–Crippen MR) is 78.1 cm³/mol. The van der Waals surface area contributed by atoms with Crippen LogP contribution in [-0.4, -0.2) is 14.5 Å². The number of halogens is 1. The van der Waals surface area contributed by atoms with E-state index in [-0.39, 0.29) is 0 Å². The lowest BCUT2D eigenvalue weighted by Gasteiger charge is -2.08. The molecule has 19 heavy (non-hydrogen) atoms. The van der Waals surface area contributed by atoms with Gasteiger partial charge in [0, 0.05) is 12.7 Å². The van der Waals surface area contributed by atoms with Crippen LogP contribution in [0.15, 0.2) is 18.3 Å². The zero-order valence-electron chi connectivity index (χ0n) is 11.9. The minimum absolute atomic E-state index is 0.363. The number of hydrogen-bond donors (Lipinski definition) is 0. The highest BCUT2D eigenvalue weighted by atomic mass is 35.5. The Labute approximate surface area is 119 Å². The van der Waals surface area contributed by atoms with E-state index >= 15 is 0 Å². The first-order valence-corrected chi connectivity index (χ1v) is 7.29. The Morgan fingerprint density at radius 3 is 2.53 bits per heavy atom. The molecule has 102 valence electrons. The maximum atomic E-state index is 6.04. The number of alkyl halides is 1. The van der Waals surface area contributed by atoms with Crippen molar-refractivity contribution in [3.8, 4) is 0 Å². The van der Waals surface area contributed by atoms with Crippen LogP contribution < -0.4 is 0 Å². The minimum Gasteiger partial charge on any atom is -0.311 e. The summed E-state index contributed by atoms with van der Waals surface area (Å²) in [4.78, 5) is 9.04. The zero-order valence-corrected chi connectivity index (χ0v) is 12.7. The van der Waals surface area contributed by atoms with E-state index in [1.807, 2.05) is 18.3 Å². The van der Waals surface area contributed by atoms with Gasteiger partial charge in [-0.05, 0) is 28.9 Å². The number of fused-ring (bicyclic) bond motifs is 1. The van der Waals surface area contributed by atoms with E-state index in [1.54, 1.807) is 0 Å². The normalized spacial score (nSPS) is 20.9. The van der Waals surface area contributed by atoms with E-state index in [9.17, 15) is 0 Å². The van der Waals surface area contributed by atoms with Gasteiger partial charge in [-0.3, -0.25) is 0 Å². The summed E-state index contributed by atoms with van der Waals surface area (Å²) in [5.41, 5.74) is 2.62. The van der Waals surface area contributed by atoms with Gasteiger partial charge in [-0.1, -0.05) is 27.7 Å². The Bertz CT molecular complexity index is 613. The van der Waals surface area contributed by atoms with Crippen LogP contribution in [0.5, 0.6) is 0 Å². The SMILES string of the molecule is CC1(C)C(Cn2c(CCl)nc3cccnc32)C1(C)C. The smallest absolute Gasteiger partial charge is 0.160 e. The van der Waals surface area contributed by atoms with Crippen LogP contribution >= 0.6 is 11.6 Å². The van der Waals surface area contributed by atoms with E-state index < -0.39 is 0 Å². The average molecular weight is 278 g/mol. The molecule has 3 nitrogen and oxygen atoms in total. The van der Waals surface area contributed by atoms with Crippen LogP contribution in [-0.2, 0) is 12.4 Å². The summed E-state index contributed by atoms with van der Waals surface area (Å²) in [6, 6.07) is 3.92. The van der Waals surface area contributed by atoms with E-state index in [2.05, 4.69) is 42.2 Å². The van der Waals surface area contributed by atoms with Crippen molar-refractivity contribution >= 4 is 22.8 Å². The first kappa shape index (κ1) is 12.9. The highest BCUT2D eigenvalue weighted by Gasteiger charge is 2.64. The average Bonchev–Trinajstić information content (AvgIpc) is 2.69. The Morgan fingerprint density at radius 1 is 1.26 bits per heavy atom. The van der Waals surface area contributed by atoms with Crippen LogP contribution in [0.3, 0.4) is 0 Å². The van der Waals surface area contributed by atoms with E-state index in [1.165, 1.54) is 0 Å². The highest BCUT2D eigenvalue weighted by molar-refractivity contribution is 6.16. The molecule has 0 amide bonds. The summed E-state index contributed by atoms with van der Waals surface area (Å²) in [6.07, 6.45) is 1.82. The summed E-state index contributed by atoms with van der Waals surface area (Å²) < 4.78 is 2.20. The number of pyridine rings is 1. The molecule has 0 saturated heterocycles.